The summed E-state index contributed by atoms with van der Waals surface area (Å²) in [5.41, 5.74) is 17.9. The minimum atomic E-state index is 0.546. The van der Waals surface area contributed by atoms with Crippen LogP contribution < -0.4 is 11.5 Å². The number of aryl methyl sites for hydroxylation is 2. The van der Waals surface area contributed by atoms with Crippen LogP contribution in [0.1, 0.15) is 22.3 Å². The van der Waals surface area contributed by atoms with Gasteiger partial charge in [-0.2, -0.15) is 0 Å². The van der Waals surface area contributed by atoms with Gasteiger partial charge in [0.25, 0.3) is 0 Å². The largest absolute Gasteiger partial charge is 0.383 e. The Kier molecular flexibility index (Phi) is 7.93. The van der Waals surface area contributed by atoms with Crippen LogP contribution in [0.5, 0.6) is 0 Å². The van der Waals surface area contributed by atoms with Gasteiger partial charge >= 0.3 is 0 Å². The Hall–Kier alpha value is -4.18. The molecule has 0 radical (unpaired) electrons. The highest BCUT2D eigenvalue weighted by atomic mass is 14.9. The van der Waals surface area contributed by atoms with E-state index in [1.165, 1.54) is 11.1 Å². The Balaban J connectivity index is 0.000000181. The van der Waals surface area contributed by atoms with Crippen LogP contribution in [0.4, 0.5) is 11.4 Å². The van der Waals surface area contributed by atoms with E-state index in [1.54, 1.807) is 0 Å². The average Bonchev–Trinajstić information content (AvgIpc) is 2.83. The normalized spacial score (nSPS) is 11.4. The number of amidine groups is 2. The molecule has 4 rings (SSSR count). The maximum absolute atomic E-state index is 5.92. The molecule has 0 unspecified atom stereocenters. The Morgan fingerprint density at radius 2 is 0.781 bits per heavy atom. The van der Waals surface area contributed by atoms with Gasteiger partial charge in [-0.25, -0.2) is 9.98 Å². The van der Waals surface area contributed by atoms with Gasteiger partial charge in [0, 0.05) is 11.1 Å². The molecule has 0 atom stereocenters. The van der Waals surface area contributed by atoms with Crippen LogP contribution in [-0.4, -0.2) is 11.7 Å². The minimum Gasteiger partial charge on any atom is -0.383 e. The maximum Gasteiger partial charge on any atom is 0.131 e. The highest BCUT2D eigenvalue weighted by molar-refractivity contribution is 5.99. The van der Waals surface area contributed by atoms with Crippen molar-refractivity contribution in [2.75, 3.05) is 0 Å². The second kappa shape index (κ2) is 11.3. The fourth-order valence-electron chi connectivity index (χ4n) is 2.86. The van der Waals surface area contributed by atoms with Crippen molar-refractivity contribution in [3.05, 3.63) is 131 Å². The van der Waals surface area contributed by atoms with Crippen LogP contribution in [0.2, 0.25) is 0 Å². The van der Waals surface area contributed by atoms with Gasteiger partial charge in [-0.3, -0.25) is 0 Å². The Labute approximate surface area is 190 Å². The molecule has 4 heteroatoms. The number of hydrogen-bond donors (Lipinski definition) is 2. The number of aliphatic imine (C=N–C) groups is 2. The highest BCUT2D eigenvalue weighted by Gasteiger charge is 1.98. The lowest BCUT2D eigenvalue weighted by molar-refractivity contribution is 1.41. The SMILES string of the molecule is Cc1ccc(N=C(N)c2ccccc2)cc1.Cc1ccc(N=C(N)c2ccccc2)cc1. The summed E-state index contributed by atoms with van der Waals surface area (Å²) < 4.78 is 0. The van der Waals surface area contributed by atoms with E-state index in [-0.39, 0.29) is 0 Å². The minimum absolute atomic E-state index is 0.546. The van der Waals surface area contributed by atoms with Gasteiger partial charge in [-0.15, -0.1) is 0 Å². The molecule has 0 fully saturated rings. The van der Waals surface area contributed by atoms with Gasteiger partial charge in [-0.05, 0) is 38.1 Å². The second-order valence-electron chi connectivity index (χ2n) is 7.40. The molecule has 4 aromatic rings. The van der Waals surface area contributed by atoms with E-state index in [9.17, 15) is 0 Å². The van der Waals surface area contributed by atoms with Crippen molar-refractivity contribution in [3.63, 3.8) is 0 Å². The van der Waals surface area contributed by atoms with Gasteiger partial charge < -0.3 is 11.5 Å². The second-order valence-corrected chi connectivity index (χ2v) is 7.40. The Morgan fingerprint density at radius 3 is 1.09 bits per heavy atom. The smallest absolute Gasteiger partial charge is 0.131 e. The molecule has 0 spiro atoms. The van der Waals surface area contributed by atoms with Crippen LogP contribution in [-0.2, 0) is 0 Å². The molecule has 0 saturated heterocycles. The van der Waals surface area contributed by atoms with Crippen LogP contribution in [0.15, 0.2) is 119 Å². The molecular formula is C28H28N4. The van der Waals surface area contributed by atoms with Gasteiger partial charge in [0.15, 0.2) is 0 Å². The third-order valence-corrected chi connectivity index (χ3v) is 4.71. The van der Waals surface area contributed by atoms with Crippen molar-refractivity contribution in [1.82, 2.24) is 0 Å². The fraction of sp³-hybridized carbons (Fsp3) is 0.0714. The number of benzene rings is 4. The van der Waals surface area contributed by atoms with Crippen molar-refractivity contribution >= 4 is 23.0 Å². The monoisotopic (exact) mass is 420 g/mol. The van der Waals surface area contributed by atoms with Crippen LogP contribution in [0.25, 0.3) is 0 Å². The summed E-state index contributed by atoms with van der Waals surface area (Å²) >= 11 is 0. The first-order valence-corrected chi connectivity index (χ1v) is 10.4. The first-order valence-electron chi connectivity index (χ1n) is 10.4. The third kappa shape index (κ3) is 6.96. The van der Waals surface area contributed by atoms with E-state index in [1.807, 2.05) is 123 Å². The molecule has 0 aliphatic rings. The van der Waals surface area contributed by atoms with E-state index >= 15 is 0 Å². The maximum atomic E-state index is 5.92. The molecule has 4 nitrogen and oxygen atoms in total. The predicted molar refractivity (Wildman–Crippen MR) is 136 cm³/mol. The molecule has 0 aliphatic carbocycles. The predicted octanol–water partition coefficient (Wildman–Crippen LogP) is 6.06. The van der Waals surface area contributed by atoms with Crippen molar-refractivity contribution in [2.24, 2.45) is 21.5 Å². The van der Waals surface area contributed by atoms with Gasteiger partial charge in [0.2, 0.25) is 0 Å². The average molecular weight is 421 g/mol. The van der Waals surface area contributed by atoms with Crippen LogP contribution in [0.3, 0.4) is 0 Å². The van der Waals surface area contributed by atoms with Crippen LogP contribution >= 0.6 is 0 Å². The molecule has 4 aromatic carbocycles. The summed E-state index contributed by atoms with van der Waals surface area (Å²) in [6, 6.07) is 35.5. The van der Waals surface area contributed by atoms with E-state index in [2.05, 4.69) is 9.98 Å². The van der Waals surface area contributed by atoms with E-state index in [0.717, 1.165) is 22.5 Å². The third-order valence-electron chi connectivity index (χ3n) is 4.71. The molecule has 0 heterocycles. The zero-order chi connectivity index (χ0) is 22.8. The lowest BCUT2D eigenvalue weighted by Gasteiger charge is -2.00. The van der Waals surface area contributed by atoms with Crippen molar-refractivity contribution in [3.8, 4) is 0 Å². The number of rotatable bonds is 4. The summed E-state index contributed by atoms with van der Waals surface area (Å²) in [7, 11) is 0. The lowest BCUT2D eigenvalue weighted by atomic mass is 10.2. The molecule has 0 amide bonds. The highest BCUT2D eigenvalue weighted by Crippen LogP contribution is 2.14. The molecule has 0 saturated carbocycles. The molecular weight excluding hydrogens is 392 g/mol. The Morgan fingerprint density at radius 1 is 0.469 bits per heavy atom. The molecule has 0 aliphatic heterocycles. The van der Waals surface area contributed by atoms with Gasteiger partial charge in [0.05, 0.1) is 11.4 Å². The topological polar surface area (TPSA) is 76.8 Å². The zero-order valence-corrected chi connectivity index (χ0v) is 18.4. The summed E-state index contributed by atoms with van der Waals surface area (Å²) in [6.45, 7) is 4.10. The first-order chi connectivity index (χ1) is 15.5. The summed E-state index contributed by atoms with van der Waals surface area (Å²) in [5, 5.41) is 0. The zero-order valence-electron chi connectivity index (χ0n) is 18.4. The first kappa shape index (κ1) is 22.5. The summed E-state index contributed by atoms with van der Waals surface area (Å²) in [5.74, 6) is 1.09. The van der Waals surface area contributed by atoms with E-state index < -0.39 is 0 Å². The quantitative estimate of drug-likeness (QED) is 0.311. The molecule has 0 aromatic heterocycles. The molecule has 160 valence electrons. The van der Waals surface area contributed by atoms with Crippen LogP contribution in [0, 0.1) is 13.8 Å². The number of nitrogens with two attached hydrogens (primary N) is 2. The van der Waals surface area contributed by atoms with Gasteiger partial charge in [-0.1, -0.05) is 96.1 Å². The number of hydrogen-bond acceptors (Lipinski definition) is 2. The van der Waals surface area contributed by atoms with E-state index in [0.29, 0.717) is 11.7 Å². The van der Waals surface area contributed by atoms with Crippen molar-refractivity contribution in [2.45, 2.75) is 13.8 Å². The fourth-order valence-corrected chi connectivity index (χ4v) is 2.86. The number of nitrogens with zero attached hydrogens (tertiary/aromatic N) is 2. The standard InChI is InChI=1S/2C14H14N2/c2*1-11-7-9-13(10-8-11)16-14(15)12-5-3-2-4-6-12/h2*2-10H,1H3,(H2,15,16). The summed E-state index contributed by atoms with van der Waals surface area (Å²) in [4.78, 5) is 8.73. The molecule has 0 bridgehead atoms. The lowest BCUT2D eigenvalue weighted by Crippen LogP contribution is -2.12. The van der Waals surface area contributed by atoms with Gasteiger partial charge in [0.1, 0.15) is 11.7 Å². The molecule has 32 heavy (non-hydrogen) atoms. The molecule has 4 N–H and O–H groups in total. The van der Waals surface area contributed by atoms with Crippen molar-refractivity contribution < 1.29 is 0 Å². The van der Waals surface area contributed by atoms with E-state index in [4.69, 9.17) is 11.5 Å². The Bertz CT molecular complexity index is 1060. The van der Waals surface area contributed by atoms with Crippen molar-refractivity contribution in [1.29, 1.82) is 0 Å². The summed E-state index contributed by atoms with van der Waals surface area (Å²) in [6.07, 6.45) is 0.